The van der Waals surface area contributed by atoms with Crippen molar-refractivity contribution in [2.24, 2.45) is 0 Å². The quantitative estimate of drug-likeness (QED) is 0.207. The Morgan fingerprint density at radius 2 is 1.81 bits per heavy atom. The first-order chi connectivity index (χ1) is 14.9. The number of furan rings is 1. The maximum Gasteiger partial charge on any atom is 0.296 e. The van der Waals surface area contributed by atoms with E-state index in [9.17, 15) is 24.8 Å². The van der Waals surface area contributed by atoms with Gasteiger partial charge < -0.3 is 14.4 Å². The van der Waals surface area contributed by atoms with Crippen molar-refractivity contribution in [1.82, 2.24) is 4.90 Å². The first-order valence-corrected chi connectivity index (χ1v) is 9.56. The van der Waals surface area contributed by atoms with E-state index in [1.54, 1.807) is 18.2 Å². The number of ketones is 1. The van der Waals surface area contributed by atoms with Crippen LogP contribution >= 0.6 is 11.6 Å². The third-order valence-corrected chi connectivity index (χ3v) is 5.24. The van der Waals surface area contributed by atoms with E-state index < -0.39 is 28.4 Å². The third-order valence-electron chi connectivity index (χ3n) is 4.99. The molecule has 1 aliphatic heterocycles. The molecule has 0 radical (unpaired) electrons. The first kappa shape index (κ1) is 20.4. The normalized spacial score (nSPS) is 17.8. The number of hydrogen-bond donors (Lipinski definition) is 1. The lowest BCUT2D eigenvalue weighted by Crippen LogP contribution is -2.29. The van der Waals surface area contributed by atoms with Gasteiger partial charge in [0.05, 0.1) is 34.9 Å². The van der Waals surface area contributed by atoms with Gasteiger partial charge in [0.25, 0.3) is 17.4 Å². The molecule has 9 heteroatoms. The Bertz CT molecular complexity index is 1200. The van der Waals surface area contributed by atoms with Crippen molar-refractivity contribution < 1.29 is 24.0 Å². The number of aliphatic hydroxyl groups excluding tert-OH is 1. The zero-order valence-corrected chi connectivity index (χ0v) is 16.7. The summed E-state index contributed by atoms with van der Waals surface area (Å²) in [5.74, 6) is -1.89. The second-order valence-electron chi connectivity index (χ2n) is 6.83. The number of nitro benzene ring substituents is 1. The van der Waals surface area contributed by atoms with Crippen molar-refractivity contribution in [3.05, 3.63) is 105 Å². The number of aliphatic hydroxyl groups is 1. The number of Topliss-reactive ketones (excluding diaryl/α,β-unsaturated/α-hetero) is 1. The lowest BCUT2D eigenvalue weighted by molar-refractivity contribution is -0.385. The van der Waals surface area contributed by atoms with Gasteiger partial charge in [-0.25, -0.2) is 0 Å². The van der Waals surface area contributed by atoms with Crippen molar-refractivity contribution in [1.29, 1.82) is 0 Å². The van der Waals surface area contributed by atoms with Crippen LogP contribution in [0.5, 0.6) is 0 Å². The summed E-state index contributed by atoms with van der Waals surface area (Å²) in [5.41, 5.74) is -0.160. The molecule has 1 saturated heterocycles. The van der Waals surface area contributed by atoms with Gasteiger partial charge in [0.1, 0.15) is 11.5 Å². The van der Waals surface area contributed by atoms with E-state index in [1.165, 1.54) is 48.7 Å². The molecular weight excluding hydrogens is 424 g/mol. The molecule has 1 atom stereocenters. The molecule has 156 valence electrons. The van der Waals surface area contributed by atoms with Crippen LogP contribution in [0.2, 0.25) is 5.02 Å². The average molecular weight is 439 g/mol. The highest BCUT2D eigenvalue weighted by molar-refractivity contribution is 6.46. The summed E-state index contributed by atoms with van der Waals surface area (Å²) in [7, 11) is 0. The zero-order valence-electron chi connectivity index (χ0n) is 15.9. The minimum Gasteiger partial charge on any atom is -0.507 e. The van der Waals surface area contributed by atoms with Crippen LogP contribution in [-0.4, -0.2) is 26.6 Å². The summed E-state index contributed by atoms with van der Waals surface area (Å²) in [4.78, 5) is 38.1. The van der Waals surface area contributed by atoms with E-state index in [0.29, 0.717) is 10.8 Å². The molecule has 4 rings (SSSR count). The van der Waals surface area contributed by atoms with Gasteiger partial charge in [-0.15, -0.1) is 0 Å². The number of nitrogens with zero attached hydrogens (tertiary/aromatic N) is 2. The second kappa shape index (κ2) is 8.08. The average Bonchev–Trinajstić information content (AvgIpc) is 3.36. The van der Waals surface area contributed by atoms with Crippen molar-refractivity contribution in [2.75, 3.05) is 0 Å². The minimum atomic E-state index is -1.18. The summed E-state index contributed by atoms with van der Waals surface area (Å²) in [6.45, 7) is -0.105. The molecule has 0 spiro atoms. The smallest absolute Gasteiger partial charge is 0.296 e. The molecular formula is C22H15ClN2O6. The number of para-hydroxylation sites is 1. The number of rotatable bonds is 5. The molecule has 31 heavy (non-hydrogen) atoms. The second-order valence-corrected chi connectivity index (χ2v) is 7.27. The Balaban J connectivity index is 1.93. The Labute approximate surface area is 181 Å². The summed E-state index contributed by atoms with van der Waals surface area (Å²) < 4.78 is 5.30. The largest absolute Gasteiger partial charge is 0.507 e. The molecule has 0 bridgehead atoms. The zero-order chi connectivity index (χ0) is 22.1. The molecule has 1 amide bonds. The lowest BCUT2D eigenvalue weighted by Gasteiger charge is -2.24. The highest BCUT2D eigenvalue weighted by Gasteiger charge is 2.48. The number of halogens is 1. The number of carbonyl (C=O) groups excluding carboxylic acids is 2. The summed E-state index contributed by atoms with van der Waals surface area (Å²) in [6.07, 6.45) is 1.42. The van der Waals surface area contributed by atoms with Crippen LogP contribution in [0.15, 0.2) is 76.9 Å². The van der Waals surface area contributed by atoms with Gasteiger partial charge in [-0.05, 0) is 42.5 Å². The van der Waals surface area contributed by atoms with Crippen LogP contribution in [0.3, 0.4) is 0 Å². The molecule has 2 heterocycles. The maximum absolute atomic E-state index is 13.0. The number of carbonyl (C=O) groups is 2. The van der Waals surface area contributed by atoms with Crippen LogP contribution in [0, 0.1) is 10.1 Å². The molecule has 1 aromatic heterocycles. The Morgan fingerprint density at radius 3 is 2.45 bits per heavy atom. The molecule has 8 nitrogen and oxygen atoms in total. The van der Waals surface area contributed by atoms with Crippen LogP contribution in [0.4, 0.5) is 5.69 Å². The summed E-state index contributed by atoms with van der Waals surface area (Å²) >= 11 is 5.90. The fourth-order valence-corrected chi connectivity index (χ4v) is 3.71. The number of hydrogen-bond acceptors (Lipinski definition) is 6. The predicted octanol–water partition coefficient (Wildman–Crippen LogP) is 4.46. The summed E-state index contributed by atoms with van der Waals surface area (Å²) in [6, 6.07) is 13.9. The van der Waals surface area contributed by atoms with E-state index in [0.717, 1.165) is 4.90 Å². The van der Waals surface area contributed by atoms with E-state index in [-0.39, 0.29) is 28.9 Å². The minimum absolute atomic E-state index is 0.105. The van der Waals surface area contributed by atoms with Crippen LogP contribution < -0.4 is 0 Å². The first-order valence-electron chi connectivity index (χ1n) is 9.18. The Kier molecular flexibility index (Phi) is 5.31. The molecule has 2 aromatic carbocycles. The van der Waals surface area contributed by atoms with Crippen LogP contribution in [-0.2, 0) is 16.1 Å². The number of benzene rings is 2. The van der Waals surface area contributed by atoms with Gasteiger partial charge in [-0.2, -0.15) is 0 Å². The molecule has 0 saturated carbocycles. The Morgan fingerprint density at radius 1 is 1.10 bits per heavy atom. The van der Waals surface area contributed by atoms with Gasteiger partial charge in [-0.1, -0.05) is 23.7 Å². The summed E-state index contributed by atoms with van der Waals surface area (Å²) in [5, 5.41) is 23.0. The fraction of sp³-hybridized carbons (Fsp3) is 0.0909. The number of nitro groups is 1. The molecule has 0 aliphatic carbocycles. The van der Waals surface area contributed by atoms with Gasteiger partial charge >= 0.3 is 0 Å². The van der Waals surface area contributed by atoms with Gasteiger partial charge in [-0.3, -0.25) is 19.7 Å². The fourth-order valence-electron chi connectivity index (χ4n) is 3.59. The molecule has 1 aliphatic rings. The van der Waals surface area contributed by atoms with Gasteiger partial charge in [0.2, 0.25) is 0 Å². The monoisotopic (exact) mass is 438 g/mol. The highest BCUT2D eigenvalue weighted by Crippen LogP contribution is 2.43. The molecule has 1 fully saturated rings. The maximum atomic E-state index is 13.0. The van der Waals surface area contributed by atoms with E-state index in [1.807, 2.05) is 0 Å². The molecule has 3 aromatic rings. The highest BCUT2D eigenvalue weighted by atomic mass is 35.5. The molecule has 1 N–H and O–H groups in total. The number of likely N-dealkylation sites (tertiary alicyclic amines) is 1. The standard InChI is InChI=1S/C22H15ClN2O6/c23-14-9-7-13(8-10-14)20(26)18-19(16-5-1-2-6-17(16)25(29)30)24(22(28)21(18)27)12-15-4-3-11-31-15/h1-11,19,26H,12H2/b20-18+/t19-/m0/s1. The van der Waals surface area contributed by atoms with Crippen LogP contribution in [0.25, 0.3) is 5.76 Å². The van der Waals surface area contributed by atoms with Crippen molar-refractivity contribution in [3.63, 3.8) is 0 Å². The van der Waals surface area contributed by atoms with Crippen molar-refractivity contribution in [3.8, 4) is 0 Å². The van der Waals surface area contributed by atoms with Crippen LogP contribution in [0.1, 0.15) is 22.9 Å². The van der Waals surface area contributed by atoms with Crippen molar-refractivity contribution in [2.45, 2.75) is 12.6 Å². The van der Waals surface area contributed by atoms with Gasteiger partial charge in [0.15, 0.2) is 0 Å². The van der Waals surface area contributed by atoms with E-state index in [4.69, 9.17) is 16.0 Å². The van der Waals surface area contributed by atoms with Gasteiger partial charge in [0, 0.05) is 16.7 Å². The molecule has 0 unspecified atom stereocenters. The lowest BCUT2D eigenvalue weighted by atomic mass is 9.94. The topological polar surface area (TPSA) is 114 Å². The SMILES string of the molecule is O=C1C(=O)N(Cc2ccco2)[C@@H](c2ccccc2[N+](=O)[O-])/C1=C(\O)c1ccc(Cl)cc1. The Hall–Kier alpha value is -3.91. The van der Waals surface area contributed by atoms with E-state index in [2.05, 4.69) is 0 Å². The third kappa shape index (κ3) is 3.69. The predicted molar refractivity (Wildman–Crippen MR) is 111 cm³/mol. The van der Waals surface area contributed by atoms with Crippen molar-refractivity contribution >= 4 is 34.7 Å². The number of amides is 1. The van der Waals surface area contributed by atoms with E-state index >= 15 is 0 Å².